The van der Waals surface area contributed by atoms with Crippen molar-refractivity contribution in [3.8, 4) is 11.5 Å². The highest BCUT2D eigenvalue weighted by Crippen LogP contribution is 2.34. The van der Waals surface area contributed by atoms with Gasteiger partial charge in [-0.05, 0) is 47.4 Å². The van der Waals surface area contributed by atoms with Gasteiger partial charge in [-0.2, -0.15) is 13.2 Å². The summed E-state index contributed by atoms with van der Waals surface area (Å²) < 4.78 is 65.3. The minimum Gasteiger partial charge on any atom is -0.496 e. The van der Waals surface area contributed by atoms with Crippen molar-refractivity contribution >= 4 is 5.57 Å². The average Bonchev–Trinajstić information content (AvgIpc) is 2.74. The number of alkyl halides is 3. The summed E-state index contributed by atoms with van der Waals surface area (Å²) in [6, 6.07) is 18.9. The summed E-state index contributed by atoms with van der Waals surface area (Å²) in [4.78, 5) is 0. The fourth-order valence-electron chi connectivity index (χ4n) is 2.99. The Labute approximate surface area is 178 Å². The first-order valence-electron chi connectivity index (χ1n) is 9.86. The van der Waals surface area contributed by atoms with E-state index >= 15 is 0 Å². The Balaban J connectivity index is 1.74. The molecule has 3 aromatic rings. The molecular weight excluding hydrogens is 408 g/mol. The SMILES string of the molecule is CCCc1ccc(/C(=C/OCc2ccc(F)c(Oc3ccccc3)c2)C(F)(F)F)cc1. The van der Waals surface area contributed by atoms with E-state index in [2.05, 4.69) is 0 Å². The van der Waals surface area contributed by atoms with E-state index in [1.54, 1.807) is 42.5 Å². The Bertz CT molecular complexity index is 1010. The van der Waals surface area contributed by atoms with Gasteiger partial charge in [0.1, 0.15) is 12.4 Å². The first-order chi connectivity index (χ1) is 14.9. The van der Waals surface area contributed by atoms with Gasteiger partial charge in [0.15, 0.2) is 11.6 Å². The number of ether oxygens (including phenoxy) is 2. The van der Waals surface area contributed by atoms with Gasteiger partial charge in [0.2, 0.25) is 0 Å². The number of para-hydroxylation sites is 1. The minimum absolute atomic E-state index is 0.0274. The van der Waals surface area contributed by atoms with E-state index in [0.717, 1.165) is 18.4 Å². The molecule has 0 aromatic heterocycles. The van der Waals surface area contributed by atoms with Crippen LogP contribution in [-0.2, 0) is 17.8 Å². The molecule has 0 fully saturated rings. The zero-order chi connectivity index (χ0) is 22.3. The van der Waals surface area contributed by atoms with Gasteiger partial charge in [0.05, 0.1) is 11.8 Å². The Hall–Kier alpha value is -3.28. The van der Waals surface area contributed by atoms with Crippen molar-refractivity contribution in [3.05, 3.63) is 102 Å². The highest BCUT2D eigenvalue weighted by atomic mass is 19.4. The Morgan fingerprint density at radius 1 is 0.903 bits per heavy atom. The number of halogens is 4. The molecule has 3 rings (SSSR count). The van der Waals surface area contributed by atoms with Crippen LogP contribution in [0.3, 0.4) is 0 Å². The number of hydrogen-bond acceptors (Lipinski definition) is 2. The fourth-order valence-corrected chi connectivity index (χ4v) is 2.99. The average molecular weight is 430 g/mol. The van der Waals surface area contributed by atoms with Gasteiger partial charge in [-0.1, -0.05) is 61.9 Å². The zero-order valence-electron chi connectivity index (χ0n) is 17.0. The second-order valence-corrected chi connectivity index (χ2v) is 6.97. The molecule has 0 aliphatic carbocycles. The summed E-state index contributed by atoms with van der Waals surface area (Å²) in [7, 11) is 0. The number of allylic oxidation sites excluding steroid dienone is 1. The largest absolute Gasteiger partial charge is 0.496 e. The standard InChI is InChI=1S/C25H22F4O2/c1-2-6-18-9-12-20(13-10-18)22(25(27,28)29)17-30-16-19-11-14-23(26)24(15-19)31-21-7-4-3-5-8-21/h3-5,7-15,17H,2,6,16H2,1H3/b22-17-. The Kier molecular flexibility index (Phi) is 7.34. The van der Waals surface area contributed by atoms with E-state index in [-0.39, 0.29) is 17.9 Å². The van der Waals surface area contributed by atoms with E-state index in [4.69, 9.17) is 9.47 Å². The third-order valence-corrected chi connectivity index (χ3v) is 4.53. The lowest BCUT2D eigenvalue weighted by molar-refractivity contribution is -0.0704. The molecule has 162 valence electrons. The van der Waals surface area contributed by atoms with Gasteiger partial charge in [0, 0.05) is 0 Å². The molecule has 6 heteroatoms. The van der Waals surface area contributed by atoms with Crippen molar-refractivity contribution in [2.24, 2.45) is 0 Å². The minimum atomic E-state index is -4.57. The normalized spacial score (nSPS) is 12.0. The molecular formula is C25H22F4O2. The van der Waals surface area contributed by atoms with Gasteiger partial charge in [0.25, 0.3) is 0 Å². The number of hydrogen-bond donors (Lipinski definition) is 0. The van der Waals surface area contributed by atoms with Gasteiger partial charge in [-0.3, -0.25) is 0 Å². The maximum absolute atomic E-state index is 14.0. The Morgan fingerprint density at radius 3 is 2.23 bits per heavy atom. The molecule has 0 saturated heterocycles. The molecule has 0 aliphatic heterocycles. The fraction of sp³-hybridized carbons (Fsp3) is 0.200. The smallest absolute Gasteiger partial charge is 0.419 e. The summed E-state index contributed by atoms with van der Waals surface area (Å²) in [5.74, 6) is -0.157. The van der Waals surface area contributed by atoms with Crippen LogP contribution in [0.2, 0.25) is 0 Å². The monoisotopic (exact) mass is 430 g/mol. The topological polar surface area (TPSA) is 18.5 Å². The molecule has 0 aliphatic rings. The number of aryl methyl sites for hydroxylation is 1. The molecule has 31 heavy (non-hydrogen) atoms. The second kappa shape index (κ2) is 10.2. The van der Waals surface area contributed by atoms with Gasteiger partial charge < -0.3 is 9.47 Å². The van der Waals surface area contributed by atoms with E-state index in [1.165, 1.54) is 30.3 Å². The van der Waals surface area contributed by atoms with Gasteiger partial charge >= 0.3 is 6.18 Å². The van der Waals surface area contributed by atoms with E-state index in [0.29, 0.717) is 17.6 Å². The van der Waals surface area contributed by atoms with Crippen LogP contribution in [0.25, 0.3) is 5.57 Å². The lowest BCUT2D eigenvalue weighted by Crippen LogP contribution is -2.11. The summed E-state index contributed by atoms with van der Waals surface area (Å²) >= 11 is 0. The third-order valence-electron chi connectivity index (χ3n) is 4.53. The van der Waals surface area contributed by atoms with Crippen LogP contribution in [0.1, 0.15) is 30.0 Å². The molecule has 0 bridgehead atoms. The molecule has 0 atom stereocenters. The number of rotatable bonds is 8. The zero-order valence-corrected chi connectivity index (χ0v) is 17.0. The second-order valence-electron chi connectivity index (χ2n) is 6.97. The first-order valence-corrected chi connectivity index (χ1v) is 9.86. The predicted octanol–water partition coefficient (Wildman–Crippen LogP) is 7.69. The highest BCUT2D eigenvalue weighted by molar-refractivity contribution is 5.68. The van der Waals surface area contributed by atoms with E-state index in [1.807, 2.05) is 6.92 Å². The maximum Gasteiger partial charge on any atom is 0.419 e. The van der Waals surface area contributed by atoms with Crippen LogP contribution in [0.15, 0.2) is 79.1 Å². The highest BCUT2D eigenvalue weighted by Gasteiger charge is 2.35. The summed E-state index contributed by atoms with van der Waals surface area (Å²) in [6.45, 7) is 1.84. The molecule has 0 unspecified atom stereocenters. The van der Waals surface area contributed by atoms with Gasteiger partial charge in [-0.15, -0.1) is 0 Å². The van der Waals surface area contributed by atoms with Crippen LogP contribution < -0.4 is 4.74 Å². The van der Waals surface area contributed by atoms with Crippen molar-refractivity contribution in [1.29, 1.82) is 0 Å². The first kappa shape index (κ1) is 22.4. The van der Waals surface area contributed by atoms with Crippen molar-refractivity contribution in [3.63, 3.8) is 0 Å². The van der Waals surface area contributed by atoms with Crippen LogP contribution in [0.5, 0.6) is 11.5 Å². The van der Waals surface area contributed by atoms with Crippen LogP contribution in [0, 0.1) is 5.82 Å². The van der Waals surface area contributed by atoms with Crippen molar-refractivity contribution in [2.75, 3.05) is 0 Å². The molecule has 0 saturated carbocycles. The summed E-state index contributed by atoms with van der Waals surface area (Å²) in [5, 5.41) is 0. The maximum atomic E-state index is 14.0. The molecule has 0 amide bonds. The summed E-state index contributed by atoms with van der Waals surface area (Å²) in [5.41, 5.74) is 0.604. The molecule has 0 N–H and O–H groups in total. The Morgan fingerprint density at radius 2 is 1.58 bits per heavy atom. The van der Waals surface area contributed by atoms with Crippen LogP contribution in [0.4, 0.5) is 17.6 Å². The van der Waals surface area contributed by atoms with E-state index in [9.17, 15) is 17.6 Å². The predicted molar refractivity (Wildman–Crippen MR) is 112 cm³/mol. The molecule has 0 radical (unpaired) electrons. The quantitative estimate of drug-likeness (QED) is 0.269. The molecule has 0 spiro atoms. The number of benzene rings is 3. The molecule has 0 heterocycles. The van der Waals surface area contributed by atoms with Crippen LogP contribution in [-0.4, -0.2) is 6.18 Å². The lowest BCUT2D eigenvalue weighted by Gasteiger charge is -2.13. The van der Waals surface area contributed by atoms with E-state index < -0.39 is 17.6 Å². The van der Waals surface area contributed by atoms with Gasteiger partial charge in [-0.25, -0.2) is 4.39 Å². The lowest BCUT2D eigenvalue weighted by atomic mass is 10.0. The van der Waals surface area contributed by atoms with Crippen molar-refractivity contribution < 1.29 is 27.0 Å². The molecule has 3 aromatic carbocycles. The summed E-state index contributed by atoms with van der Waals surface area (Å²) in [6.07, 6.45) is -2.15. The third kappa shape index (κ3) is 6.35. The van der Waals surface area contributed by atoms with Crippen LogP contribution >= 0.6 is 0 Å². The van der Waals surface area contributed by atoms with Crippen molar-refractivity contribution in [1.82, 2.24) is 0 Å². The van der Waals surface area contributed by atoms with Crippen molar-refractivity contribution in [2.45, 2.75) is 32.5 Å². The molecule has 2 nitrogen and oxygen atoms in total.